The smallest absolute Gasteiger partial charge is 0.232 e. The Bertz CT molecular complexity index is 988. The summed E-state index contributed by atoms with van der Waals surface area (Å²) in [5.74, 6) is 2.46. The maximum Gasteiger partial charge on any atom is 0.232 e. The number of benzene rings is 1. The Kier molecular flexibility index (Phi) is 3.46. The Balaban J connectivity index is 1.18. The minimum absolute atomic E-state index is 0.156. The summed E-state index contributed by atoms with van der Waals surface area (Å²) in [7, 11) is 0. The molecule has 7 nitrogen and oxygen atoms in total. The summed E-state index contributed by atoms with van der Waals surface area (Å²) in [6.45, 7) is 0. The average molecular weight is 375 g/mol. The van der Waals surface area contributed by atoms with Crippen LogP contribution in [0.25, 0.3) is 16.9 Å². The van der Waals surface area contributed by atoms with E-state index in [4.69, 9.17) is 4.74 Å². The van der Waals surface area contributed by atoms with Gasteiger partial charge < -0.3 is 19.7 Å². The summed E-state index contributed by atoms with van der Waals surface area (Å²) in [5.41, 5.74) is 2.10. The number of hydrogen-bond donors (Lipinski definition) is 2. The third kappa shape index (κ3) is 2.65. The maximum absolute atomic E-state index is 10.4. The first kappa shape index (κ1) is 16.1. The van der Waals surface area contributed by atoms with Gasteiger partial charge in [-0.25, -0.2) is 15.0 Å². The number of phenolic OH excluding ortho intramolecular Hbond substituents is 1. The lowest BCUT2D eigenvalue weighted by atomic mass is 9.98. The summed E-state index contributed by atoms with van der Waals surface area (Å²) in [4.78, 5) is 12.9. The van der Waals surface area contributed by atoms with Crippen LogP contribution in [-0.4, -0.2) is 42.8 Å². The molecular formula is C21H21N5O2. The number of nitrogens with one attached hydrogen (secondary N) is 1. The van der Waals surface area contributed by atoms with Crippen LogP contribution in [0.2, 0.25) is 0 Å². The van der Waals surface area contributed by atoms with Crippen LogP contribution in [0.4, 0.5) is 0 Å². The molecule has 1 aliphatic carbocycles. The van der Waals surface area contributed by atoms with Crippen LogP contribution in [0.15, 0.2) is 49.3 Å². The molecule has 7 heteroatoms. The van der Waals surface area contributed by atoms with Crippen LogP contribution in [0, 0.1) is 11.8 Å². The molecule has 6 rings (SSSR count). The maximum atomic E-state index is 10.4. The Hall–Kier alpha value is -2.93. The normalized spacial score (nSPS) is 30.1. The fraction of sp³-hybridized carbons (Fsp3) is 0.381. The summed E-state index contributed by atoms with van der Waals surface area (Å²) in [6.07, 6.45) is 12.3. The van der Waals surface area contributed by atoms with E-state index in [2.05, 4.69) is 20.3 Å². The molecule has 0 amide bonds. The summed E-state index contributed by atoms with van der Waals surface area (Å²) < 4.78 is 7.94. The highest BCUT2D eigenvalue weighted by molar-refractivity contribution is 5.68. The highest BCUT2D eigenvalue weighted by Gasteiger charge is 2.57. The van der Waals surface area contributed by atoms with Crippen LogP contribution in [0.3, 0.4) is 0 Å². The van der Waals surface area contributed by atoms with Gasteiger partial charge in [-0.05, 0) is 30.4 Å². The Morgan fingerprint density at radius 2 is 1.93 bits per heavy atom. The Morgan fingerprint density at radius 1 is 1.07 bits per heavy atom. The van der Waals surface area contributed by atoms with Crippen molar-refractivity contribution in [1.29, 1.82) is 0 Å². The number of imidazole rings is 1. The van der Waals surface area contributed by atoms with E-state index in [1.165, 1.54) is 6.42 Å². The quantitative estimate of drug-likeness (QED) is 0.729. The summed E-state index contributed by atoms with van der Waals surface area (Å²) >= 11 is 0. The lowest BCUT2D eigenvalue weighted by Gasteiger charge is -2.31. The van der Waals surface area contributed by atoms with Gasteiger partial charge in [0.1, 0.15) is 11.9 Å². The van der Waals surface area contributed by atoms with Gasteiger partial charge in [-0.3, -0.25) is 0 Å². The van der Waals surface area contributed by atoms with Crippen molar-refractivity contribution < 1.29 is 9.84 Å². The van der Waals surface area contributed by atoms with E-state index in [0.29, 0.717) is 29.2 Å². The lowest BCUT2D eigenvalue weighted by molar-refractivity contribution is 0.120. The molecule has 2 bridgehead atoms. The van der Waals surface area contributed by atoms with Crippen molar-refractivity contribution in [3.63, 3.8) is 0 Å². The molecule has 1 aromatic carbocycles. The van der Waals surface area contributed by atoms with E-state index in [1.54, 1.807) is 31.0 Å². The van der Waals surface area contributed by atoms with E-state index in [9.17, 15) is 5.11 Å². The summed E-state index contributed by atoms with van der Waals surface area (Å²) in [6, 6.07) is 6.68. The third-order valence-electron chi connectivity index (χ3n) is 6.36. The minimum atomic E-state index is 0.156. The van der Waals surface area contributed by atoms with E-state index in [-0.39, 0.29) is 11.9 Å². The van der Waals surface area contributed by atoms with Crippen molar-refractivity contribution in [2.24, 2.45) is 11.8 Å². The molecule has 2 aliphatic heterocycles. The predicted octanol–water partition coefficient (Wildman–Crippen LogP) is 2.55. The highest BCUT2D eigenvalue weighted by Crippen LogP contribution is 2.53. The molecule has 0 spiro atoms. The molecule has 142 valence electrons. The molecule has 28 heavy (non-hydrogen) atoms. The number of nitrogens with zero attached hydrogens (tertiary/aromatic N) is 4. The highest BCUT2D eigenvalue weighted by atomic mass is 16.5. The molecule has 1 saturated carbocycles. The number of piperidine rings is 2. The molecule has 2 aromatic heterocycles. The van der Waals surface area contributed by atoms with Crippen LogP contribution in [-0.2, 0) is 0 Å². The van der Waals surface area contributed by atoms with Gasteiger partial charge in [0.15, 0.2) is 0 Å². The van der Waals surface area contributed by atoms with Crippen LogP contribution >= 0.6 is 0 Å². The average Bonchev–Trinajstić information content (AvgIpc) is 3.24. The summed E-state index contributed by atoms with van der Waals surface area (Å²) in [5, 5.41) is 14.1. The third-order valence-corrected chi connectivity index (χ3v) is 6.36. The standard InChI is InChI=1S/C21H21N5O2/c27-20-5-12(26-4-3-22-11-26)1-2-14(20)19-9-24-21(10-23-19)28-13-6-17-15-8-16(15)18(7-13)25-17/h1-5,9-11,13,15-18,25,27H,6-8H2/t13?,15-,16+,17?,18?. The molecule has 3 aliphatic rings. The first-order chi connectivity index (χ1) is 13.7. The van der Waals surface area contributed by atoms with E-state index >= 15 is 0 Å². The molecular weight excluding hydrogens is 354 g/mol. The number of rotatable bonds is 4. The van der Waals surface area contributed by atoms with Crippen LogP contribution in [0.1, 0.15) is 19.3 Å². The number of aromatic hydroxyl groups is 1. The fourth-order valence-corrected chi connectivity index (χ4v) is 4.92. The Labute approximate surface area is 162 Å². The second-order valence-corrected chi connectivity index (χ2v) is 8.07. The number of phenols is 1. The monoisotopic (exact) mass is 375 g/mol. The molecule has 2 N–H and O–H groups in total. The van der Waals surface area contributed by atoms with Gasteiger partial charge in [-0.1, -0.05) is 0 Å². The van der Waals surface area contributed by atoms with Gasteiger partial charge in [0.25, 0.3) is 0 Å². The van der Waals surface area contributed by atoms with Crippen molar-refractivity contribution in [3.05, 3.63) is 49.3 Å². The van der Waals surface area contributed by atoms with Gasteiger partial charge in [0.05, 0.1) is 30.1 Å². The van der Waals surface area contributed by atoms with E-state index < -0.39 is 0 Å². The molecule has 2 saturated heterocycles. The topological polar surface area (TPSA) is 85.1 Å². The van der Waals surface area contributed by atoms with Crippen molar-refractivity contribution in [1.82, 2.24) is 24.8 Å². The fourth-order valence-electron chi connectivity index (χ4n) is 4.92. The molecule has 3 fully saturated rings. The van der Waals surface area contributed by atoms with Gasteiger partial charge in [0.2, 0.25) is 5.88 Å². The van der Waals surface area contributed by atoms with Gasteiger partial charge in [0, 0.05) is 48.9 Å². The van der Waals surface area contributed by atoms with Gasteiger partial charge >= 0.3 is 0 Å². The zero-order valence-corrected chi connectivity index (χ0v) is 15.3. The largest absolute Gasteiger partial charge is 0.507 e. The Morgan fingerprint density at radius 3 is 2.61 bits per heavy atom. The number of hydrogen-bond acceptors (Lipinski definition) is 6. The SMILES string of the molecule is Oc1cc(-n2ccnc2)ccc1-c1cnc(OC2CC3NC(C2)[C@@H]2C[C@H]32)cn1. The van der Waals surface area contributed by atoms with Gasteiger partial charge in [-0.2, -0.15) is 0 Å². The molecule has 3 unspecified atom stereocenters. The minimum Gasteiger partial charge on any atom is -0.507 e. The number of aromatic nitrogens is 4. The molecule has 5 atom stereocenters. The van der Waals surface area contributed by atoms with Crippen molar-refractivity contribution >= 4 is 0 Å². The second-order valence-electron chi connectivity index (χ2n) is 8.07. The molecule has 0 radical (unpaired) electrons. The first-order valence-electron chi connectivity index (χ1n) is 9.81. The molecule has 4 heterocycles. The zero-order chi connectivity index (χ0) is 18.7. The van der Waals surface area contributed by atoms with Crippen LogP contribution < -0.4 is 10.1 Å². The van der Waals surface area contributed by atoms with E-state index in [0.717, 1.165) is 30.4 Å². The number of ether oxygens (including phenoxy) is 1. The van der Waals surface area contributed by atoms with Crippen molar-refractivity contribution in [3.8, 4) is 28.6 Å². The lowest BCUT2D eigenvalue weighted by Crippen LogP contribution is -2.45. The second kappa shape index (κ2) is 6.04. The predicted molar refractivity (Wildman–Crippen MR) is 102 cm³/mol. The molecule has 3 aromatic rings. The zero-order valence-electron chi connectivity index (χ0n) is 15.3. The van der Waals surface area contributed by atoms with E-state index in [1.807, 2.05) is 22.9 Å². The first-order valence-corrected chi connectivity index (χ1v) is 9.81. The van der Waals surface area contributed by atoms with Gasteiger partial charge in [-0.15, -0.1) is 0 Å². The van der Waals surface area contributed by atoms with Crippen LogP contribution in [0.5, 0.6) is 11.6 Å². The van der Waals surface area contributed by atoms with Crippen molar-refractivity contribution in [2.45, 2.75) is 37.5 Å². The van der Waals surface area contributed by atoms with Crippen molar-refractivity contribution in [2.75, 3.05) is 0 Å². The number of fused-ring (bicyclic) bond motifs is 5.